The summed E-state index contributed by atoms with van der Waals surface area (Å²) in [4.78, 5) is 0. The van der Waals surface area contributed by atoms with E-state index < -0.39 is 0 Å². The van der Waals surface area contributed by atoms with Crippen LogP contribution in [0.4, 0.5) is 0 Å². The molecular formula is C13H21N. The minimum absolute atomic E-state index is 0.690. The number of hydrogen-bond acceptors (Lipinski definition) is 1. The van der Waals surface area contributed by atoms with E-state index in [1.54, 1.807) is 5.57 Å². The molecule has 14 heavy (non-hydrogen) atoms. The Labute approximate surface area is 87.3 Å². The average Bonchev–Trinajstić information content (AvgIpc) is 2.18. The molecule has 1 nitrogen and oxygen atoms in total. The van der Waals surface area contributed by atoms with Gasteiger partial charge in [-0.2, -0.15) is 0 Å². The molecule has 0 saturated carbocycles. The average molecular weight is 191 g/mol. The molecule has 1 saturated heterocycles. The monoisotopic (exact) mass is 191 g/mol. The van der Waals surface area contributed by atoms with E-state index in [1.807, 2.05) is 0 Å². The third kappa shape index (κ3) is 2.27. The van der Waals surface area contributed by atoms with Crippen LogP contribution in [-0.4, -0.2) is 12.1 Å². The first-order chi connectivity index (χ1) is 6.75. The van der Waals surface area contributed by atoms with E-state index in [4.69, 9.17) is 0 Å². The molecule has 1 aliphatic carbocycles. The molecule has 0 amide bonds. The van der Waals surface area contributed by atoms with Crippen molar-refractivity contribution in [2.75, 3.05) is 0 Å². The normalized spacial score (nSPS) is 38.1. The van der Waals surface area contributed by atoms with E-state index in [-0.39, 0.29) is 0 Å². The van der Waals surface area contributed by atoms with Crippen LogP contribution < -0.4 is 5.32 Å². The maximum Gasteiger partial charge on any atom is 0.00469 e. The summed E-state index contributed by atoms with van der Waals surface area (Å²) in [5.74, 6) is 0.839. The fourth-order valence-corrected chi connectivity index (χ4v) is 2.84. The Kier molecular flexibility index (Phi) is 3.07. The quantitative estimate of drug-likeness (QED) is 0.671. The summed E-state index contributed by atoms with van der Waals surface area (Å²) in [6.45, 7) is 4.61. The molecule has 0 radical (unpaired) electrons. The van der Waals surface area contributed by atoms with Gasteiger partial charge in [0.25, 0.3) is 0 Å². The fraction of sp³-hybridized carbons (Fsp3) is 0.692. The highest BCUT2D eigenvalue weighted by atomic mass is 14.9. The fourth-order valence-electron chi connectivity index (χ4n) is 2.84. The van der Waals surface area contributed by atoms with Gasteiger partial charge in [0.05, 0.1) is 0 Å². The van der Waals surface area contributed by atoms with Gasteiger partial charge in [0.1, 0.15) is 0 Å². The van der Waals surface area contributed by atoms with E-state index in [1.165, 1.54) is 25.7 Å². The molecule has 0 bridgehead atoms. The van der Waals surface area contributed by atoms with Gasteiger partial charge in [0, 0.05) is 12.1 Å². The van der Waals surface area contributed by atoms with Crippen LogP contribution in [0, 0.1) is 5.92 Å². The van der Waals surface area contributed by atoms with Crippen molar-refractivity contribution in [1.29, 1.82) is 0 Å². The summed E-state index contributed by atoms with van der Waals surface area (Å²) in [6.07, 6.45) is 12.0. The SMILES string of the molecule is CC1CC(C2=CC=CCC2)C[C@H](C)N1. The maximum absolute atomic E-state index is 3.60. The number of rotatable bonds is 1. The van der Waals surface area contributed by atoms with Crippen molar-refractivity contribution >= 4 is 0 Å². The summed E-state index contributed by atoms with van der Waals surface area (Å²) >= 11 is 0. The van der Waals surface area contributed by atoms with Gasteiger partial charge in [-0.3, -0.25) is 0 Å². The predicted octanol–water partition coefficient (Wildman–Crippen LogP) is 3.04. The molecule has 1 fully saturated rings. The Hall–Kier alpha value is -0.560. The lowest BCUT2D eigenvalue weighted by molar-refractivity contribution is 0.286. The highest BCUT2D eigenvalue weighted by molar-refractivity contribution is 5.21. The first-order valence-corrected chi connectivity index (χ1v) is 5.87. The summed E-state index contributed by atoms with van der Waals surface area (Å²) < 4.78 is 0. The van der Waals surface area contributed by atoms with E-state index in [2.05, 4.69) is 37.4 Å². The molecule has 0 aromatic carbocycles. The van der Waals surface area contributed by atoms with Gasteiger partial charge >= 0.3 is 0 Å². The largest absolute Gasteiger partial charge is 0.312 e. The zero-order chi connectivity index (χ0) is 9.97. The Balaban J connectivity index is 2.02. The van der Waals surface area contributed by atoms with Crippen molar-refractivity contribution in [3.8, 4) is 0 Å². The second kappa shape index (κ2) is 4.31. The molecule has 0 aromatic heterocycles. The second-order valence-corrected chi connectivity index (χ2v) is 4.85. The van der Waals surface area contributed by atoms with Crippen LogP contribution in [0.1, 0.15) is 39.5 Å². The number of piperidine rings is 1. The third-order valence-electron chi connectivity index (χ3n) is 3.42. The second-order valence-electron chi connectivity index (χ2n) is 4.85. The van der Waals surface area contributed by atoms with Crippen LogP contribution in [0.2, 0.25) is 0 Å². The van der Waals surface area contributed by atoms with Crippen molar-refractivity contribution < 1.29 is 0 Å². The summed E-state index contributed by atoms with van der Waals surface area (Å²) in [7, 11) is 0. The molecule has 0 spiro atoms. The highest BCUT2D eigenvalue weighted by Crippen LogP contribution is 2.31. The van der Waals surface area contributed by atoms with Gasteiger partial charge < -0.3 is 5.32 Å². The minimum Gasteiger partial charge on any atom is -0.312 e. The summed E-state index contributed by atoms with van der Waals surface area (Å²) in [5, 5.41) is 3.60. The lowest BCUT2D eigenvalue weighted by atomic mass is 9.80. The molecule has 1 aliphatic heterocycles. The first-order valence-electron chi connectivity index (χ1n) is 5.87. The molecule has 1 heteroatoms. The van der Waals surface area contributed by atoms with Crippen LogP contribution >= 0.6 is 0 Å². The van der Waals surface area contributed by atoms with E-state index in [0.717, 1.165) is 5.92 Å². The Morgan fingerprint density at radius 2 is 1.93 bits per heavy atom. The van der Waals surface area contributed by atoms with E-state index in [0.29, 0.717) is 12.1 Å². The first kappa shape index (κ1) is 9.97. The lowest BCUT2D eigenvalue weighted by Gasteiger charge is -2.34. The van der Waals surface area contributed by atoms with Crippen molar-refractivity contribution in [3.05, 3.63) is 23.8 Å². The van der Waals surface area contributed by atoms with Crippen molar-refractivity contribution in [1.82, 2.24) is 5.32 Å². The van der Waals surface area contributed by atoms with Crippen LogP contribution in [-0.2, 0) is 0 Å². The van der Waals surface area contributed by atoms with Gasteiger partial charge in [-0.1, -0.05) is 23.8 Å². The molecule has 1 heterocycles. The van der Waals surface area contributed by atoms with Gasteiger partial charge in [-0.15, -0.1) is 0 Å². The molecule has 2 rings (SSSR count). The summed E-state index contributed by atoms with van der Waals surface area (Å²) in [6, 6.07) is 1.38. The van der Waals surface area contributed by atoms with Gasteiger partial charge in [0.15, 0.2) is 0 Å². The Bertz CT molecular complexity index is 242. The third-order valence-corrected chi connectivity index (χ3v) is 3.42. The van der Waals surface area contributed by atoms with Crippen molar-refractivity contribution in [3.63, 3.8) is 0 Å². The smallest absolute Gasteiger partial charge is 0.00469 e. The lowest BCUT2D eigenvalue weighted by Crippen LogP contribution is -2.42. The number of hydrogen-bond donors (Lipinski definition) is 1. The predicted molar refractivity (Wildman–Crippen MR) is 61.2 cm³/mol. The Morgan fingerprint density at radius 1 is 1.21 bits per heavy atom. The Morgan fingerprint density at radius 3 is 2.50 bits per heavy atom. The van der Waals surface area contributed by atoms with Crippen molar-refractivity contribution in [2.45, 2.75) is 51.6 Å². The van der Waals surface area contributed by atoms with Crippen LogP contribution in [0.25, 0.3) is 0 Å². The van der Waals surface area contributed by atoms with Gasteiger partial charge in [0.2, 0.25) is 0 Å². The number of allylic oxidation sites excluding steroid dienone is 4. The van der Waals surface area contributed by atoms with Crippen LogP contribution in [0.3, 0.4) is 0 Å². The van der Waals surface area contributed by atoms with Gasteiger partial charge in [-0.05, 0) is 45.4 Å². The topological polar surface area (TPSA) is 12.0 Å². The zero-order valence-electron chi connectivity index (χ0n) is 9.29. The maximum atomic E-state index is 3.60. The highest BCUT2D eigenvalue weighted by Gasteiger charge is 2.25. The molecular weight excluding hydrogens is 170 g/mol. The number of nitrogens with one attached hydrogen (secondary N) is 1. The van der Waals surface area contributed by atoms with Crippen LogP contribution in [0.5, 0.6) is 0 Å². The minimum atomic E-state index is 0.690. The van der Waals surface area contributed by atoms with Crippen molar-refractivity contribution in [2.24, 2.45) is 5.92 Å². The van der Waals surface area contributed by atoms with Gasteiger partial charge in [-0.25, -0.2) is 0 Å². The molecule has 3 atom stereocenters. The zero-order valence-corrected chi connectivity index (χ0v) is 9.29. The standard InChI is InChI=1S/C13H21N/c1-10-8-13(9-11(2)14-10)12-6-4-3-5-7-12/h3-4,6,10-11,13-14H,5,7-9H2,1-2H3/t10-,11?,13?/m0/s1. The van der Waals surface area contributed by atoms with E-state index in [9.17, 15) is 0 Å². The molecule has 78 valence electrons. The summed E-state index contributed by atoms with van der Waals surface area (Å²) in [5.41, 5.74) is 1.69. The molecule has 2 unspecified atom stereocenters. The van der Waals surface area contributed by atoms with Crippen LogP contribution in [0.15, 0.2) is 23.8 Å². The molecule has 0 aromatic rings. The molecule has 2 aliphatic rings. The molecule has 1 N–H and O–H groups in total. The van der Waals surface area contributed by atoms with E-state index >= 15 is 0 Å².